The Morgan fingerprint density at radius 1 is 1.43 bits per heavy atom. The van der Waals surface area contributed by atoms with Crippen molar-refractivity contribution in [3.8, 4) is 0 Å². The molecule has 2 rings (SSSR count). The molecule has 116 valence electrons. The summed E-state index contributed by atoms with van der Waals surface area (Å²) in [6.45, 7) is 3.60. The van der Waals surface area contributed by atoms with Gasteiger partial charge in [0, 0.05) is 18.7 Å². The minimum atomic E-state index is -0.419. The first-order valence-electron chi connectivity index (χ1n) is 7.58. The van der Waals surface area contributed by atoms with Gasteiger partial charge in [0.05, 0.1) is 5.56 Å². The van der Waals surface area contributed by atoms with E-state index in [1.54, 1.807) is 12.1 Å². The minimum Gasteiger partial charge on any atom is -0.409 e. The van der Waals surface area contributed by atoms with Gasteiger partial charge in [0.25, 0.3) is 0 Å². The van der Waals surface area contributed by atoms with Crippen molar-refractivity contribution >= 4 is 5.84 Å². The van der Waals surface area contributed by atoms with Gasteiger partial charge in [-0.3, -0.25) is 0 Å². The van der Waals surface area contributed by atoms with E-state index >= 15 is 0 Å². The molecule has 0 spiro atoms. The van der Waals surface area contributed by atoms with Gasteiger partial charge in [-0.05, 0) is 30.7 Å². The standard InChI is InChI=1S/C16H24FN3O/c1-2-16(8-3-4-9-16)11-19-10-12-6-5-7-13(14(12)17)15(18)20-21/h5-7,19,21H,2-4,8-11H2,1H3,(H2,18,20). The summed E-state index contributed by atoms with van der Waals surface area (Å²) in [6.07, 6.45) is 6.25. The highest BCUT2D eigenvalue weighted by molar-refractivity contribution is 5.97. The first-order valence-corrected chi connectivity index (χ1v) is 7.58. The van der Waals surface area contributed by atoms with E-state index in [4.69, 9.17) is 10.9 Å². The molecule has 0 atom stereocenters. The van der Waals surface area contributed by atoms with E-state index in [1.165, 1.54) is 31.7 Å². The summed E-state index contributed by atoms with van der Waals surface area (Å²) in [7, 11) is 0. The molecule has 1 aromatic rings. The van der Waals surface area contributed by atoms with Crippen LogP contribution in [0.15, 0.2) is 23.4 Å². The van der Waals surface area contributed by atoms with Crippen molar-refractivity contribution < 1.29 is 9.60 Å². The van der Waals surface area contributed by atoms with Crippen molar-refractivity contribution in [2.24, 2.45) is 16.3 Å². The molecule has 0 saturated heterocycles. The summed E-state index contributed by atoms with van der Waals surface area (Å²) in [4.78, 5) is 0. The maximum Gasteiger partial charge on any atom is 0.173 e. The average Bonchev–Trinajstić information content (AvgIpc) is 2.97. The third-order valence-electron chi connectivity index (χ3n) is 4.69. The summed E-state index contributed by atoms with van der Waals surface area (Å²) >= 11 is 0. The minimum absolute atomic E-state index is 0.142. The van der Waals surface area contributed by atoms with E-state index in [0.29, 0.717) is 17.5 Å². The fraction of sp³-hybridized carbons (Fsp3) is 0.562. The zero-order valence-corrected chi connectivity index (χ0v) is 12.5. The van der Waals surface area contributed by atoms with Crippen LogP contribution in [0.4, 0.5) is 4.39 Å². The number of hydrogen-bond acceptors (Lipinski definition) is 3. The van der Waals surface area contributed by atoms with E-state index in [1.807, 2.05) is 0 Å². The number of nitrogens with two attached hydrogens (primary N) is 1. The molecule has 1 aromatic carbocycles. The summed E-state index contributed by atoms with van der Waals surface area (Å²) < 4.78 is 14.3. The Morgan fingerprint density at radius 3 is 2.76 bits per heavy atom. The Hall–Kier alpha value is -1.62. The maximum atomic E-state index is 14.3. The van der Waals surface area contributed by atoms with Crippen LogP contribution in [0.3, 0.4) is 0 Å². The summed E-state index contributed by atoms with van der Waals surface area (Å²) in [5.41, 5.74) is 6.54. The molecule has 4 nitrogen and oxygen atoms in total. The Labute approximate surface area is 125 Å². The van der Waals surface area contributed by atoms with Gasteiger partial charge in [-0.1, -0.05) is 37.1 Å². The van der Waals surface area contributed by atoms with Crippen molar-refractivity contribution in [2.75, 3.05) is 6.54 Å². The zero-order chi connectivity index (χ0) is 15.3. The van der Waals surface area contributed by atoms with Crippen LogP contribution >= 0.6 is 0 Å². The number of rotatable bonds is 6. The second-order valence-corrected chi connectivity index (χ2v) is 5.93. The molecule has 21 heavy (non-hydrogen) atoms. The summed E-state index contributed by atoms with van der Waals surface area (Å²) in [5.74, 6) is -0.618. The van der Waals surface area contributed by atoms with Gasteiger partial charge >= 0.3 is 0 Å². The fourth-order valence-corrected chi connectivity index (χ4v) is 3.21. The smallest absolute Gasteiger partial charge is 0.173 e. The number of halogens is 1. The molecule has 5 heteroatoms. The predicted molar refractivity (Wildman–Crippen MR) is 81.8 cm³/mol. The molecule has 0 radical (unpaired) electrons. The van der Waals surface area contributed by atoms with Gasteiger partial charge in [-0.25, -0.2) is 4.39 Å². The zero-order valence-electron chi connectivity index (χ0n) is 12.5. The largest absolute Gasteiger partial charge is 0.409 e. The van der Waals surface area contributed by atoms with E-state index in [0.717, 1.165) is 13.0 Å². The lowest BCUT2D eigenvalue weighted by Crippen LogP contribution is -2.31. The molecule has 0 aliphatic heterocycles. The fourth-order valence-electron chi connectivity index (χ4n) is 3.21. The van der Waals surface area contributed by atoms with Gasteiger partial charge in [0.1, 0.15) is 5.82 Å². The van der Waals surface area contributed by atoms with Crippen molar-refractivity contribution in [3.63, 3.8) is 0 Å². The number of amidine groups is 1. The van der Waals surface area contributed by atoms with Crippen LogP contribution < -0.4 is 11.1 Å². The van der Waals surface area contributed by atoms with Gasteiger partial charge in [-0.15, -0.1) is 0 Å². The van der Waals surface area contributed by atoms with Gasteiger partial charge < -0.3 is 16.3 Å². The maximum absolute atomic E-state index is 14.3. The molecule has 0 amide bonds. The molecule has 0 unspecified atom stereocenters. The molecule has 0 aromatic heterocycles. The van der Waals surface area contributed by atoms with Crippen LogP contribution in [-0.2, 0) is 6.54 Å². The number of oxime groups is 1. The first kappa shape index (κ1) is 15.8. The molecule has 4 N–H and O–H groups in total. The lowest BCUT2D eigenvalue weighted by molar-refractivity contribution is 0.267. The molecule has 1 aliphatic carbocycles. The molecule has 1 aliphatic rings. The van der Waals surface area contributed by atoms with Gasteiger partial charge in [0.15, 0.2) is 5.84 Å². The average molecular weight is 293 g/mol. The molecule has 1 fully saturated rings. The topological polar surface area (TPSA) is 70.6 Å². The van der Waals surface area contributed by atoms with E-state index in [9.17, 15) is 4.39 Å². The van der Waals surface area contributed by atoms with Crippen molar-refractivity contribution in [2.45, 2.75) is 45.6 Å². The quantitative estimate of drug-likeness (QED) is 0.327. The van der Waals surface area contributed by atoms with Crippen molar-refractivity contribution in [3.05, 3.63) is 35.1 Å². The van der Waals surface area contributed by atoms with Crippen LogP contribution in [0.2, 0.25) is 0 Å². The lowest BCUT2D eigenvalue weighted by atomic mass is 9.83. The van der Waals surface area contributed by atoms with Crippen LogP contribution in [0.25, 0.3) is 0 Å². The number of nitrogens with one attached hydrogen (secondary N) is 1. The Bertz CT molecular complexity index is 510. The van der Waals surface area contributed by atoms with Gasteiger partial charge in [0.2, 0.25) is 0 Å². The molecular formula is C16H24FN3O. The molecule has 0 bridgehead atoms. The van der Waals surface area contributed by atoms with E-state index in [-0.39, 0.29) is 11.4 Å². The lowest BCUT2D eigenvalue weighted by Gasteiger charge is -2.28. The number of hydrogen-bond donors (Lipinski definition) is 3. The second-order valence-electron chi connectivity index (χ2n) is 5.93. The SMILES string of the molecule is CCC1(CNCc2cccc(/C(N)=N/O)c2F)CCCC1. The van der Waals surface area contributed by atoms with Crippen molar-refractivity contribution in [1.29, 1.82) is 0 Å². The van der Waals surface area contributed by atoms with Crippen LogP contribution in [0.5, 0.6) is 0 Å². The Balaban J connectivity index is 2.00. The number of nitrogens with zero attached hydrogens (tertiary/aromatic N) is 1. The highest BCUT2D eigenvalue weighted by Gasteiger charge is 2.31. The Morgan fingerprint density at radius 2 is 2.14 bits per heavy atom. The van der Waals surface area contributed by atoms with Crippen molar-refractivity contribution in [1.82, 2.24) is 5.32 Å². The predicted octanol–water partition coefficient (Wildman–Crippen LogP) is 2.98. The third kappa shape index (κ3) is 3.53. The number of benzene rings is 1. The molecule has 0 heterocycles. The van der Waals surface area contributed by atoms with Crippen LogP contribution in [0.1, 0.15) is 50.2 Å². The molecular weight excluding hydrogens is 269 g/mol. The highest BCUT2D eigenvalue weighted by atomic mass is 19.1. The van der Waals surface area contributed by atoms with E-state index in [2.05, 4.69) is 17.4 Å². The van der Waals surface area contributed by atoms with Gasteiger partial charge in [-0.2, -0.15) is 0 Å². The van der Waals surface area contributed by atoms with E-state index < -0.39 is 5.82 Å². The van der Waals surface area contributed by atoms with Crippen LogP contribution in [0, 0.1) is 11.2 Å². The normalized spacial score (nSPS) is 18.1. The first-order chi connectivity index (χ1) is 10.1. The summed E-state index contributed by atoms with van der Waals surface area (Å²) in [6, 6.07) is 4.96. The summed E-state index contributed by atoms with van der Waals surface area (Å²) in [5, 5.41) is 14.9. The second kappa shape index (κ2) is 6.89. The monoisotopic (exact) mass is 293 g/mol. The third-order valence-corrected chi connectivity index (χ3v) is 4.69. The molecule has 1 saturated carbocycles. The highest BCUT2D eigenvalue weighted by Crippen LogP contribution is 2.40. The Kier molecular flexibility index (Phi) is 5.17. The van der Waals surface area contributed by atoms with Crippen LogP contribution in [-0.4, -0.2) is 17.6 Å².